The van der Waals surface area contributed by atoms with E-state index in [-0.39, 0.29) is 5.41 Å². The molecular formula is C37H36F3N2+. The number of hydrogen-bond acceptors (Lipinski definition) is 0. The Kier molecular flexibility index (Phi) is 5.38. The second-order valence-corrected chi connectivity index (χ2v) is 14.0. The first kappa shape index (κ1) is 27.0. The highest BCUT2D eigenvalue weighted by atomic mass is 19.4. The van der Waals surface area contributed by atoms with Crippen LogP contribution in [-0.4, -0.2) is 10.6 Å². The molecule has 7 rings (SSSR count). The van der Waals surface area contributed by atoms with Gasteiger partial charge in [0.25, 0.3) is 0 Å². The van der Waals surface area contributed by atoms with Crippen LogP contribution in [0.5, 0.6) is 0 Å². The van der Waals surface area contributed by atoms with Crippen molar-refractivity contribution in [3.8, 4) is 0 Å². The van der Waals surface area contributed by atoms with Crippen molar-refractivity contribution in [3.63, 3.8) is 0 Å². The second-order valence-electron chi connectivity index (χ2n) is 14.0. The predicted octanol–water partition coefficient (Wildman–Crippen LogP) is 10.0. The van der Waals surface area contributed by atoms with E-state index in [2.05, 4.69) is 67.9 Å². The van der Waals surface area contributed by atoms with Crippen molar-refractivity contribution in [1.29, 1.82) is 0 Å². The first-order chi connectivity index (χ1) is 19.6. The molecule has 4 aromatic carbocycles. The van der Waals surface area contributed by atoms with Crippen LogP contribution in [-0.2, 0) is 18.9 Å². The molecule has 0 unspecified atom stereocenters. The molecule has 214 valence electrons. The highest BCUT2D eigenvalue weighted by Crippen LogP contribution is 2.50. The van der Waals surface area contributed by atoms with Crippen molar-refractivity contribution in [3.05, 3.63) is 83.0 Å². The molecule has 0 amide bonds. The Morgan fingerprint density at radius 1 is 0.738 bits per heavy atom. The number of alkyl halides is 3. The molecular weight excluding hydrogens is 529 g/mol. The van der Waals surface area contributed by atoms with Crippen molar-refractivity contribution >= 4 is 59.8 Å². The fourth-order valence-corrected chi connectivity index (χ4v) is 7.34. The van der Waals surface area contributed by atoms with Crippen molar-refractivity contribution in [1.82, 2.24) is 4.40 Å². The van der Waals surface area contributed by atoms with Gasteiger partial charge in [0.2, 0.25) is 5.52 Å². The number of nitrogens with zero attached hydrogens (tertiary/aromatic N) is 2. The number of rotatable bonds is 2. The van der Waals surface area contributed by atoms with Crippen LogP contribution in [0.2, 0.25) is 0 Å². The third kappa shape index (κ3) is 3.49. The topological polar surface area (TPSA) is 8.29 Å². The zero-order valence-electron chi connectivity index (χ0n) is 25.5. The van der Waals surface area contributed by atoms with Gasteiger partial charge in [0.05, 0.1) is 32.7 Å². The number of pyridine rings is 2. The van der Waals surface area contributed by atoms with Crippen LogP contribution in [0, 0.1) is 19.3 Å². The first-order valence-electron chi connectivity index (χ1n) is 14.6. The van der Waals surface area contributed by atoms with Gasteiger partial charge in [0.1, 0.15) is 7.05 Å². The molecule has 0 bridgehead atoms. The Morgan fingerprint density at radius 3 is 2.14 bits per heavy atom. The van der Waals surface area contributed by atoms with Gasteiger partial charge in [-0.15, -0.1) is 0 Å². The Hall–Kier alpha value is -3.86. The van der Waals surface area contributed by atoms with Gasteiger partial charge >= 0.3 is 6.18 Å². The summed E-state index contributed by atoms with van der Waals surface area (Å²) in [4.78, 5) is 0. The van der Waals surface area contributed by atoms with Crippen LogP contribution in [0.1, 0.15) is 56.9 Å². The molecule has 3 aromatic heterocycles. The third-order valence-electron chi connectivity index (χ3n) is 9.47. The minimum absolute atomic E-state index is 0.166. The summed E-state index contributed by atoms with van der Waals surface area (Å²) in [6, 6.07) is 18.5. The lowest BCUT2D eigenvalue weighted by molar-refractivity contribution is -0.643. The van der Waals surface area contributed by atoms with E-state index in [1.807, 2.05) is 37.5 Å². The smallest absolute Gasteiger partial charge is 0.307 e. The molecule has 42 heavy (non-hydrogen) atoms. The Morgan fingerprint density at radius 2 is 1.45 bits per heavy atom. The van der Waals surface area contributed by atoms with E-state index in [0.29, 0.717) is 10.9 Å². The number of aryl methyl sites for hydroxylation is 3. The van der Waals surface area contributed by atoms with E-state index in [1.165, 1.54) is 35.7 Å². The maximum absolute atomic E-state index is 14.7. The average molecular weight is 566 g/mol. The largest absolute Gasteiger partial charge is 0.397 e. The summed E-state index contributed by atoms with van der Waals surface area (Å²) in [5.41, 5.74) is 6.01. The molecule has 0 N–H and O–H groups in total. The normalized spacial score (nSPS) is 13.7. The van der Waals surface area contributed by atoms with Gasteiger partial charge in [0, 0.05) is 16.8 Å². The maximum atomic E-state index is 14.7. The quantitative estimate of drug-likeness (QED) is 0.112. The molecule has 0 saturated heterocycles. The lowest BCUT2D eigenvalue weighted by Crippen LogP contribution is -2.36. The number of para-hydroxylation sites is 1. The van der Waals surface area contributed by atoms with E-state index in [9.17, 15) is 13.2 Å². The van der Waals surface area contributed by atoms with Crippen LogP contribution >= 0.6 is 0 Å². The highest BCUT2D eigenvalue weighted by molar-refractivity contribution is 6.29. The number of aromatic nitrogens is 2. The molecule has 7 aromatic rings. The van der Waals surface area contributed by atoms with Gasteiger partial charge in [-0.05, 0) is 90.1 Å². The fourth-order valence-electron chi connectivity index (χ4n) is 7.34. The molecule has 0 aliphatic rings. The zero-order chi connectivity index (χ0) is 30.1. The van der Waals surface area contributed by atoms with Crippen molar-refractivity contribution in [2.24, 2.45) is 12.5 Å². The Labute approximate surface area is 243 Å². The Bertz CT molecular complexity index is 2240. The van der Waals surface area contributed by atoms with Gasteiger partial charge in [-0.1, -0.05) is 57.2 Å². The average Bonchev–Trinajstić information content (AvgIpc) is 3.25. The van der Waals surface area contributed by atoms with E-state index in [1.54, 1.807) is 6.07 Å². The summed E-state index contributed by atoms with van der Waals surface area (Å²) in [5.74, 6) is 0. The van der Waals surface area contributed by atoms with Gasteiger partial charge < -0.3 is 4.40 Å². The van der Waals surface area contributed by atoms with Gasteiger partial charge in [0.15, 0.2) is 6.20 Å². The molecule has 2 nitrogen and oxygen atoms in total. The molecule has 0 fully saturated rings. The van der Waals surface area contributed by atoms with Crippen LogP contribution in [0.25, 0.3) is 59.8 Å². The summed E-state index contributed by atoms with van der Waals surface area (Å²) in [6.07, 6.45) is -1.44. The van der Waals surface area contributed by atoms with Gasteiger partial charge in [-0.3, -0.25) is 0 Å². The Balaban J connectivity index is 1.80. The third-order valence-corrected chi connectivity index (χ3v) is 9.47. The summed E-state index contributed by atoms with van der Waals surface area (Å²) in [5, 5.41) is 6.94. The molecule has 0 radical (unpaired) electrons. The summed E-state index contributed by atoms with van der Waals surface area (Å²) in [7, 11) is 2.05. The van der Waals surface area contributed by atoms with E-state index in [0.717, 1.165) is 55.6 Å². The molecule has 0 atom stereocenters. The van der Waals surface area contributed by atoms with Crippen molar-refractivity contribution in [2.75, 3.05) is 0 Å². The SMILES string of the molecule is Cc1c2cc(CC(C)(C)C)ccc2c(C)c2c1c1c3c(cc[n+]1C)cc(C(C)(C)C(F)(F)F)c1c4ccccc4n2c13. The van der Waals surface area contributed by atoms with Crippen LogP contribution in [0.15, 0.2) is 60.8 Å². The number of benzene rings is 4. The minimum atomic E-state index is -4.41. The predicted molar refractivity (Wildman–Crippen MR) is 169 cm³/mol. The van der Waals surface area contributed by atoms with Crippen molar-refractivity contribution in [2.45, 2.75) is 66.5 Å². The number of fused-ring (bicyclic) bond motifs is 7. The van der Waals surface area contributed by atoms with Crippen LogP contribution in [0.4, 0.5) is 13.2 Å². The number of hydrogen-bond donors (Lipinski definition) is 0. The molecule has 0 saturated carbocycles. The van der Waals surface area contributed by atoms with E-state index < -0.39 is 11.6 Å². The fraction of sp³-hybridized carbons (Fsp3) is 0.324. The standard InChI is InChI=1S/C37H36F3N2/c1-20-26-17-22(19-35(3,4)5)13-14-24(26)21(2)32-29(20)33-30-23(15-16-41(33)8)18-27(36(6,7)37(38,39)40)31-25-11-9-10-12-28(25)42(32)34(30)31/h9-18H,19H2,1-8H3/q+1. The molecule has 5 heteroatoms. The highest BCUT2D eigenvalue weighted by Gasteiger charge is 2.50. The summed E-state index contributed by atoms with van der Waals surface area (Å²) < 4.78 is 48.4. The van der Waals surface area contributed by atoms with E-state index in [4.69, 9.17) is 0 Å². The number of halogens is 3. The van der Waals surface area contributed by atoms with E-state index >= 15 is 0 Å². The zero-order valence-corrected chi connectivity index (χ0v) is 25.5. The molecule has 0 aliphatic carbocycles. The van der Waals surface area contributed by atoms with Gasteiger partial charge in [-0.2, -0.15) is 13.2 Å². The second kappa shape index (κ2) is 8.37. The first-order valence-corrected chi connectivity index (χ1v) is 14.6. The maximum Gasteiger partial charge on any atom is 0.397 e. The van der Waals surface area contributed by atoms with Gasteiger partial charge in [-0.25, -0.2) is 4.57 Å². The lowest BCUT2D eigenvalue weighted by Gasteiger charge is -2.30. The molecule has 0 spiro atoms. The van der Waals surface area contributed by atoms with Crippen LogP contribution in [0.3, 0.4) is 0 Å². The van der Waals surface area contributed by atoms with Crippen molar-refractivity contribution < 1.29 is 17.7 Å². The monoisotopic (exact) mass is 565 g/mol. The summed E-state index contributed by atoms with van der Waals surface area (Å²) >= 11 is 0. The molecule has 3 heterocycles. The minimum Gasteiger partial charge on any atom is -0.307 e. The van der Waals surface area contributed by atoms with Crippen LogP contribution < -0.4 is 4.57 Å². The molecule has 0 aliphatic heterocycles. The lowest BCUT2D eigenvalue weighted by atomic mass is 9.80. The summed E-state index contributed by atoms with van der Waals surface area (Å²) in [6.45, 7) is 13.8.